The van der Waals surface area contributed by atoms with Crippen LogP contribution in [0.4, 0.5) is 0 Å². The van der Waals surface area contributed by atoms with Crippen molar-refractivity contribution in [1.82, 2.24) is 4.90 Å². The zero-order valence-electron chi connectivity index (χ0n) is 15.9. The number of rotatable bonds is 15. The van der Waals surface area contributed by atoms with E-state index in [1.807, 2.05) is 0 Å². The van der Waals surface area contributed by atoms with Gasteiger partial charge in [-0.25, -0.2) is 0 Å². The predicted molar refractivity (Wildman–Crippen MR) is 104 cm³/mol. The zero-order valence-corrected chi connectivity index (χ0v) is 15.9. The number of likely N-dealkylation sites (N-methyl/N-ethyl adjacent to an activating group) is 1. The molecule has 1 heterocycles. The standard InChI is InChI=1S/C21H40N2/c1-3-4-5-6-7-8-9-10-11-12-13-14-15-16-17-18-21-22-19-20-23(21)2/h17-18H,3-16,19-20H2,1-2H3. The molecule has 0 aromatic rings. The molecule has 2 nitrogen and oxygen atoms in total. The Labute approximate surface area is 145 Å². The first-order valence-corrected chi connectivity index (χ1v) is 10.3. The van der Waals surface area contributed by atoms with Crippen molar-refractivity contribution in [3.05, 3.63) is 12.2 Å². The van der Waals surface area contributed by atoms with Crippen molar-refractivity contribution in [3.63, 3.8) is 0 Å². The Hall–Kier alpha value is -0.790. The molecule has 0 saturated carbocycles. The van der Waals surface area contributed by atoms with Crippen LogP contribution in [0.25, 0.3) is 0 Å². The third kappa shape index (κ3) is 11.4. The van der Waals surface area contributed by atoms with Crippen molar-refractivity contribution < 1.29 is 0 Å². The molecule has 1 aliphatic rings. The molecule has 0 N–H and O–H groups in total. The van der Waals surface area contributed by atoms with Crippen molar-refractivity contribution in [2.75, 3.05) is 20.1 Å². The largest absolute Gasteiger partial charge is 0.358 e. The summed E-state index contributed by atoms with van der Waals surface area (Å²) in [5.41, 5.74) is 0. The van der Waals surface area contributed by atoms with Crippen LogP contribution >= 0.6 is 0 Å². The lowest BCUT2D eigenvalue weighted by Crippen LogP contribution is -2.20. The molecule has 0 amide bonds. The van der Waals surface area contributed by atoms with Gasteiger partial charge < -0.3 is 4.90 Å². The van der Waals surface area contributed by atoms with Gasteiger partial charge in [0, 0.05) is 13.6 Å². The minimum Gasteiger partial charge on any atom is -0.358 e. The third-order valence-corrected chi connectivity index (χ3v) is 4.84. The molecule has 0 spiro atoms. The van der Waals surface area contributed by atoms with Gasteiger partial charge in [0.1, 0.15) is 5.84 Å². The molecule has 0 unspecified atom stereocenters. The second-order valence-corrected chi connectivity index (χ2v) is 7.10. The first-order chi connectivity index (χ1) is 11.3. The second kappa shape index (κ2) is 14.8. The first-order valence-electron chi connectivity index (χ1n) is 10.3. The van der Waals surface area contributed by atoms with E-state index in [0.29, 0.717) is 0 Å². The molecule has 0 aromatic carbocycles. The van der Waals surface area contributed by atoms with Gasteiger partial charge in [-0.3, -0.25) is 4.99 Å². The number of hydrogen-bond acceptors (Lipinski definition) is 2. The van der Waals surface area contributed by atoms with Gasteiger partial charge in [0.2, 0.25) is 0 Å². The molecule has 0 bridgehead atoms. The van der Waals surface area contributed by atoms with Crippen LogP contribution < -0.4 is 0 Å². The molecule has 23 heavy (non-hydrogen) atoms. The van der Waals surface area contributed by atoms with Gasteiger partial charge in [-0.15, -0.1) is 0 Å². The van der Waals surface area contributed by atoms with Crippen molar-refractivity contribution in [2.24, 2.45) is 4.99 Å². The maximum atomic E-state index is 4.48. The van der Waals surface area contributed by atoms with Gasteiger partial charge in [0.05, 0.1) is 6.54 Å². The van der Waals surface area contributed by atoms with Crippen molar-refractivity contribution in [1.29, 1.82) is 0 Å². The van der Waals surface area contributed by atoms with Gasteiger partial charge in [-0.2, -0.15) is 0 Å². The first kappa shape index (κ1) is 20.3. The van der Waals surface area contributed by atoms with E-state index in [2.05, 4.69) is 36.0 Å². The van der Waals surface area contributed by atoms with E-state index < -0.39 is 0 Å². The van der Waals surface area contributed by atoms with Crippen molar-refractivity contribution >= 4 is 5.84 Å². The van der Waals surface area contributed by atoms with Crippen LogP contribution in [-0.4, -0.2) is 30.9 Å². The number of hydrogen-bond donors (Lipinski definition) is 0. The summed E-state index contributed by atoms with van der Waals surface area (Å²) in [4.78, 5) is 6.71. The Morgan fingerprint density at radius 2 is 1.35 bits per heavy atom. The van der Waals surface area contributed by atoms with E-state index in [-0.39, 0.29) is 0 Å². The van der Waals surface area contributed by atoms with Crippen LogP contribution in [0, 0.1) is 0 Å². The Morgan fingerprint density at radius 1 is 0.826 bits per heavy atom. The highest BCUT2D eigenvalue weighted by atomic mass is 15.2. The zero-order chi connectivity index (χ0) is 16.6. The Morgan fingerprint density at radius 3 is 1.83 bits per heavy atom. The molecule has 1 aliphatic heterocycles. The Bertz CT molecular complexity index is 320. The van der Waals surface area contributed by atoms with Crippen LogP contribution in [0.15, 0.2) is 17.1 Å². The lowest BCUT2D eigenvalue weighted by Gasteiger charge is -2.09. The average Bonchev–Trinajstić information content (AvgIpc) is 2.96. The summed E-state index contributed by atoms with van der Waals surface area (Å²) < 4.78 is 0. The van der Waals surface area contributed by atoms with E-state index in [4.69, 9.17) is 0 Å². The lowest BCUT2D eigenvalue weighted by atomic mass is 10.0. The summed E-state index contributed by atoms with van der Waals surface area (Å²) >= 11 is 0. The van der Waals surface area contributed by atoms with Gasteiger partial charge in [0.15, 0.2) is 0 Å². The monoisotopic (exact) mass is 320 g/mol. The molecule has 0 fully saturated rings. The minimum atomic E-state index is 0.967. The lowest BCUT2D eigenvalue weighted by molar-refractivity contribution is 0.540. The van der Waals surface area contributed by atoms with E-state index in [9.17, 15) is 0 Å². The molecule has 0 radical (unpaired) electrons. The third-order valence-electron chi connectivity index (χ3n) is 4.84. The smallest absolute Gasteiger partial charge is 0.122 e. The fraction of sp³-hybridized carbons (Fsp3) is 0.857. The number of aliphatic imine (C=N–C) groups is 1. The number of amidine groups is 1. The van der Waals surface area contributed by atoms with E-state index in [1.165, 1.54) is 95.7 Å². The fourth-order valence-electron chi connectivity index (χ4n) is 3.20. The second-order valence-electron chi connectivity index (χ2n) is 7.10. The SMILES string of the molecule is CCCCCCCCCCCCCCCC=CC1=NCCN1C. The summed E-state index contributed by atoms with van der Waals surface area (Å²) in [7, 11) is 2.13. The Balaban J connectivity index is 1.76. The maximum absolute atomic E-state index is 4.48. The van der Waals surface area contributed by atoms with E-state index in [1.54, 1.807) is 0 Å². The van der Waals surface area contributed by atoms with Gasteiger partial charge in [-0.05, 0) is 18.9 Å². The Kier molecular flexibility index (Phi) is 13.0. The highest BCUT2D eigenvalue weighted by molar-refractivity contribution is 5.93. The van der Waals surface area contributed by atoms with Crippen LogP contribution in [0.5, 0.6) is 0 Å². The van der Waals surface area contributed by atoms with Gasteiger partial charge in [0.25, 0.3) is 0 Å². The number of nitrogens with zero attached hydrogens (tertiary/aromatic N) is 2. The normalized spacial score (nSPS) is 14.9. The average molecular weight is 321 g/mol. The maximum Gasteiger partial charge on any atom is 0.122 e. The molecular formula is C21H40N2. The quantitative estimate of drug-likeness (QED) is 0.320. The molecular weight excluding hydrogens is 280 g/mol. The summed E-state index contributed by atoms with van der Waals surface area (Å²) in [5, 5.41) is 0. The molecule has 134 valence electrons. The topological polar surface area (TPSA) is 15.6 Å². The molecule has 0 aliphatic carbocycles. The summed E-state index contributed by atoms with van der Waals surface area (Å²) in [6, 6.07) is 0. The minimum absolute atomic E-state index is 0.967. The van der Waals surface area contributed by atoms with Crippen LogP contribution in [0.1, 0.15) is 96.8 Å². The van der Waals surface area contributed by atoms with Gasteiger partial charge >= 0.3 is 0 Å². The van der Waals surface area contributed by atoms with Crippen LogP contribution in [0.2, 0.25) is 0 Å². The van der Waals surface area contributed by atoms with Crippen LogP contribution in [-0.2, 0) is 0 Å². The molecule has 2 heteroatoms. The molecule has 0 aromatic heterocycles. The van der Waals surface area contributed by atoms with E-state index >= 15 is 0 Å². The predicted octanol–water partition coefficient (Wildman–Crippen LogP) is 6.37. The summed E-state index contributed by atoms with van der Waals surface area (Å²) in [5.74, 6) is 1.17. The number of allylic oxidation sites excluding steroid dienone is 1. The highest BCUT2D eigenvalue weighted by Crippen LogP contribution is 2.13. The van der Waals surface area contributed by atoms with E-state index in [0.717, 1.165) is 13.1 Å². The van der Waals surface area contributed by atoms with Crippen molar-refractivity contribution in [3.8, 4) is 0 Å². The van der Waals surface area contributed by atoms with Gasteiger partial charge in [-0.1, -0.05) is 90.0 Å². The highest BCUT2D eigenvalue weighted by Gasteiger charge is 2.07. The summed E-state index contributed by atoms with van der Waals surface area (Å²) in [6.45, 7) is 4.34. The molecule has 0 atom stereocenters. The van der Waals surface area contributed by atoms with Crippen molar-refractivity contribution in [2.45, 2.75) is 96.8 Å². The molecule has 0 saturated heterocycles. The summed E-state index contributed by atoms with van der Waals surface area (Å²) in [6.07, 6.45) is 24.3. The fourth-order valence-corrected chi connectivity index (χ4v) is 3.20. The molecule has 1 rings (SSSR count). The van der Waals surface area contributed by atoms with Crippen LogP contribution in [0.3, 0.4) is 0 Å². The number of unbranched alkanes of at least 4 members (excludes halogenated alkanes) is 13.